The van der Waals surface area contributed by atoms with Crippen molar-refractivity contribution in [2.75, 3.05) is 53.6 Å². The lowest BCUT2D eigenvalue weighted by atomic mass is 10.1. The number of rotatable bonds is 9. The molecule has 6 nitrogen and oxygen atoms in total. The van der Waals surface area contributed by atoms with E-state index in [0.717, 1.165) is 56.5 Å². The summed E-state index contributed by atoms with van der Waals surface area (Å²) in [5.41, 5.74) is 1.18. The first-order chi connectivity index (χ1) is 13.7. The van der Waals surface area contributed by atoms with E-state index in [0.29, 0.717) is 6.61 Å². The van der Waals surface area contributed by atoms with Gasteiger partial charge >= 0.3 is 0 Å². The van der Waals surface area contributed by atoms with E-state index in [1.807, 2.05) is 42.5 Å². The summed E-state index contributed by atoms with van der Waals surface area (Å²) in [7, 11) is 3.40. The van der Waals surface area contributed by atoms with Crippen molar-refractivity contribution in [1.29, 1.82) is 0 Å². The Morgan fingerprint density at radius 3 is 2.29 bits per heavy atom. The predicted molar refractivity (Wildman–Crippen MR) is 107 cm³/mol. The molecule has 1 aliphatic heterocycles. The predicted octanol–water partition coefficient (Wildman–Crippen LogP) is -0.573. The van der Waals surface area contributed by atoms with Gasteiger partial charge in [0.2, 0.25) is 0 Å². The molecule has 1 atom stereocenters. The molecule has 0 amide bonds. The van der Waals surface area contributed by atoms with Crippen molar-refractivity contribution in [2.24, 2.45) is 0 Å². The van der Waals surface area contributed by atoms with Crippen molar-refractivity contribution >= 4 is 0 Å². The third-order valence-electron chi connectivity index (χ3n) is 5.30. The average Bonchev–Trinajstić information content (AvgIpc) is 2.74. The first-order valence-corrected chi connectivity index (χ1v) is 9.92. The highest BCUT2D eigenvalue weighted by Gasteiger charge is 2.26. The fourth-order valence-electron chi connectivity index (χ4n) is 3.73. The standard InChI is InChI=1S/C22H30N2O4/c1-26-21-8-9-22(27-2)18(14-21)15-23-10-12-24(13-11-23)16-19(25)17-28-20-6-4-3-5-7-20/h3-9,14,19,25H,10-13,15-17H2,1-2H3/p+2/t19-/m0/s1. The number of hydrogen-bond acceptors (Lipinski definition) is 4. The highest BCUT2D eigenvalue weighted by Crippen LogP contribution is 2.23. The molecule has 0 bridgehead atoms. The van der Waals surface area contributed by atoms with Crippen molar-refractivity contribution in [1.82, 2.24) is 0 Å². The average molecular weight is 389 g/mol. The van der Waals surface area contributed by atoms with Crippen LogP contribution in [0.25, 0.3) is 0 Å². The van der Waals surface area contributed by atoms with Crippen LogP contribution in [0.15, 0.2) is 48.5 Å². The summed E-state index contributed by atoms with van der Waals surface area (Å²) >= 11 is 0. The van der Waals surface area contributed by atoms with Gasteiger partial charge in [-0.1, -0.05) is 18.2 Å². The maximum absolute atomic E-state index is 10.3. The monoisotopic (exact) mass is 388 g/mol. The van der Waals surface area contributed by atoms with E-state index in [-0.39, 0.29) is 0 Å². The van der Waals surface area contributed by atoms with E-state index in [4.69, 9.17) is 14.2 Å². The highest BCUT2D eigenvalue weighted by molar-refractivity contribution is 5.39. The molecule has 0 aromatic heterocycles. The summed E-state index contributed by atoms with van der Waals surface area (Å²) in [4.78, 5) is 2.97. The minimum atomic E-state index is -0.449. The third kappa shape index (κ3) is 5.86. The summed E-state index contributed by atoms with van der Waals surface area (Å²) in [5.74, 6) is 2.58. The maximum Gasteiger partial charge on any atom is 0.137 e. The molecule has 1 aliphatic rings. The molecule has 1 fully saturated rings. The first kappa shape index (κ1) is 20.5. The van der Waals surface area contributed by atoms with Gasteiger partial charge in [0.15, 0.2) is 0 Å². The zero-order chi connectivity index (χ0) is 19.8. The molecule has 0 saturated carbocycles. The molecule has 0 spiro atoms. The summed E-state index contributed by atoms with van der Waals surface area (Å²) in [6, 6.07) is 15.6. The van der Waals surface area contributed by atoms with Crippen LogP contribution in [-0.4, -0.2) is 64.8 Å². The number of nitrogens with one attached hydrogen (secondary N) is 2. The highest BCUT2D eigenvalue weighted by atomic mass is 16.5. The van der Waals surface area contributed by atoms with Gasteiger partial charge in [0.05, 0.1) is 19.8 Å². The minimum absolute atomic E-state index is 0.338. The van der Waals surface area contributed by atoms with Crippen LogP contribution in [0.4, 0.5) is 0 Å². The van der Waals surface area contributed by atoms with E-state index in [1.54, 1.807) is 14.2 Å². The normalized spacial score (nSPS) is 20.4. The molecule has 3 N–H and O–H groups in total. The topological polar surface area (TPSA) is 56.8 Å². The molecular weight excluding hydrogens is 356 g/mol. The SMILES string of the molecule is COc1ccc(OC)c(C[NH+]2CC[NH+](C[C@H](O)COc3ccccc3)CC2)c1. The number of methoxy groups -OCH3 is 2. The molecule has 0 aliphatic carbocycles. The Balaban J connectivity index is 1.43. The quantitative estimate of drug-likeness (QED) is 0.539. The van der Waals surface area contributed by atoms with Gasteiger partial charge in [-0.2, -0.15) is 0 Å². The minimum Gasteiger partial charge on any atom is -0.497 e. The Hall–Kier alpha value is -2.28. The second-order valence-corrected chi connectivity index (χ2v) is 7.34. The van der Waals surface area contributed by atoms with E-state index >= 15 is 0 Å². The van der Waals surface area contributed by atoms with Gasteiger partial charge in [0.25, 0.3) is 0 Å². The molecule has 28 heavy (non-hydrogen) atoms. The second kappa shape index (κ2) is 10.3. The number of aliphatic hydroxyl groups is 1. The van der Waals surface area contributed by atoms with E-state index in [9.17, 15) is 5.11 Å². The van der Waals surface area contributed by atoms with Crippen LogP contribution in [0.1, 0.15) is 5.56 Å². The summed E-state index contributed by atoms with van der Waals surface area (Å²) < 4.78 is 16.5. The number of ether oxygens (including phenoxy) is 3. The smallest absolute Gasteiger partial charge is 0.137 e. The largest absolute Gasteiger partial charge is 0.497 e. The molecule has 2 aromatic rings. The molecule has 6 heteroatoms. The number of hydrogen-bond donors (Lipinski definition) is 3. The molecule has 3 rings (SSSR count). The Kier molecular flexibility index (Phi) is 7.54. The van der Waals surface area contributed by atoms with Gasteiger partial charge < -0.3 is 29.1 Å². The van der Waals surface area contributed by atoms with Crippen LogP contribution in [-0.2, 0) is 6.54 Å². The number of benzene rings is 2. The van der Waals surface area contributed by atoms with Gasteiger partial charge in [-0.05, 0) is 30.3 Å². The summed E-state index contributed by atoms with van der Waals surface area (Å²) in [5, 5.41) is 10.3. The fourth-order valence-corrected chi connectivity index (χ4v) is 3.73. The Bertz CT molecular complexity index is 718. The summed E-state index contributed by atoms with van der Waals surface area (Å²) in [6.45, 7) is 6.22. The zero-order valence-corrected chi connectivity index (χ0v) is 16.8. The van der Waals surface area contributed by atoms with Crippen LogP contribution in [0.2, 0.25) is 0 Å². The van der Waals surface area contributed by atoms with Crippen molar-refractivity contribution in [3.63, 3.8) is 0 Å². The van der Waals surface area contributed by atoms with Gasteiger partial charge in [0, 0.05) is 0 Å². The Labute approximate surface area is 167 Å². The van der Waals surface area contributed by atoms with Crippen molar-refractivity contribution in [2.45, 2.75) is 12.6 Å². The molecule has 0 unspecified atom stereocenters. The molecule has 152 valence electrons. The number of aliphatic hydroxyl groups excluding tert-OH is 1. The Morgan fingerprint density at radius 2 is 1.61 bits per heavy atom. The van der Waals surface area contributed by atoms with Crippen LogP contribution in [0.3, 0.4) is 0 Å². The van der Waals surface area contributed by atoms with Crippen LogP contribution in [0.5, 0.6) is 17.2 Å². The lowest BCUT2D eigenvalue weighted by Crippen LogP contribution is -3.28. The molecule has 0 radical (unpaired) electrons. The lowest BCUT2D eigenvalue weighted by molar-refractivity contribution is -1.02. The van der Waals surface area contributed by atoms with Gasteiger partial charge in [-0.25, -0.2) is 0 Å². The molecule has 2 aromatic carbocycles. The molecule has 1 heterocycles. The maximum atomic E-state index is 10.3. The van der Waals surface area contributed by atoms with E-state index in [2.05, 4.69) is 6.07 Å². The second-order valence-electron chi connectivity index (χ2n) is 7.34. The number of piperazine rings is 1. The van der Waals surface area contributed by atoms with Crippen molar-refractivity contribution < 1.29 is 29.1 Å². The van der Waals surface area contributed by atoms with E-state index in [1.165, 1.54) is 15.4 Å². The van der Waals surface area contributed by atoms with Gasteiger partial charge in [-0.3, -0.25) is 0 Å². The lowest BCUT2D eigenvalue weighted by Gasteiger charge is -2.31. The van der Waals surface area contributed by atoms with Crippen molar-refractivity contribution in [3.8, 4) is 17.2 Å². The van der Waals surface area contributed by atoms with Crippen LogP contribution < -0.4 is 24.0 Å². The summed E-state index contributed by atoms with van der Waals surface area (Å²) in [6.07, 6.45) is -0.449. The van der Waals surface area contributed by atoms with Gasteiger partial charge in [0.1, 0.15) is 69.2 Å². The van der Waals surface area contributed by atoms with Crippen molar-refractivity contribution in [3.05, 3.63) is 54.1 Å². The first-order valence-electron chi connectivity index (χ1n) is 9.92. The van der Waals surface area contributed by atoms with Gasteiger partial charge in [-0.15, -0.1) is 0 Å². The number of para-hydroxylation sites is 1. The third-order valence-corrected chi connectivity index (χ3v) is 5.30. The van der Waals surface area contributed by atoms with E-state index < -0.39 is 6.10 Å². The van der Waals surface area contributed by atoms with Crippen LogP contribution in [0, 0.1) is 0 Å². The molecular formula is C22H32N2O4+2. The molecule has 1 saturated heterocycles. The fraction of sp³-hybridized carbons (Fsp3) is 0.455. The van der Waals surface area contributed by atoms with Crippen LogP contribution >= 0.6 is 0 Å². The Morgan fingerprint density at radius 1 is 0.893 bits per heavy atom. The number of quaternary nitrogens is 2. The zero-order valence-electron chi connectivity index (χ0n) is 16.8.